The second kappa shape index (κ2) is 24.7. The molecule has 0 atom stereocenters. The van der Waals surface area contributed by atoms with Crippen molar-refractivity contribution in [1.29, 1.82) is 0 Å². The summed E-state index contributed by atoms with van der Waals surface area (Å²) in [5.41, 5.74) is 19.9. The fraction of sp³-hybridized carbons (Fsp3) is 0.400. The average molecular weight is 1120 g/mol. The molecule has 4 heteroatoms. The van der Waals surface area contributed by atoms with Gasteiger partial charge in [0.15, 0.2) is 0 Å². The van der Waals surface area contributed by atoms with Crippen LogP contribution in [0.3, 0.4) is 0 Å². The summed E-state index contributed by atoms with van der Waals surface area (Å²) in [5.74, 6) is 1.75. The summed E-state index contributed by atoms with van der Waals surface area (Å²) in [5, 5.41) is 5.59. The van der Waals surface area contributed by atoms with Crippen molar-refractivity contribution in [2.24, 2.45) is 11.8 Å². The molecule has 2 aliphatic carbocycles. The van der Waals surface area contributed by atoms with Crippen molar-refractivity contribution >= 4 is 48.1 Å². The van der Waals surface area contributed by atoms with Gasteiger partial charge in [0, 0.05) is 9.52 Å². The van der Waals surface area contributed by atoms with E-state index in [1.807, 2.05) is 0 Å². The summed E-state index contributed by atoms with van der Waals surface area (Å²) < 4.78 is 0. The molecule has 2 saturated carbocycles. The molecule has 0 saturated heterocycles. The predicted molar refractivity (Wildman–Crippen MR) is 327 cm³/mol. The van der Waals surface area contributed by atoms with Gasteiger partial charge >= 0.3 is 37.9 Å². The van der Waals surface area contributed by atoms with E-state index in [0.717, 1.165) is 21.4 Å². The molecule has 74 heavy (non-hydrogen) atoms. The van der Waals surface area contributed by atoms with Crippen LogP contribution >= 0.6 is 17.0 Å². The molecule has 0 aromatic heterocycles. The van der Waals surface area contributed by atoms with E-state index in [4.69, 9.17) is 17.0 Å². The zero-order valence-corrected chi connectivity index (χ0v) is 52.4. The molecule has 8 aromatic carbocycles. The monoisotopic (exact) mass is 1110 g/mol. The van der Waals surface area contributed by atoms with Crippen LogP contribution in [0.15, 0.2) is 146 Å². The van der Waals surface area contributed by atoms with Gasteiger partial charge in [-0.15, -0.1) is 44.8 Å². The normalized spacial score (nSPS) is 14.2. The quantitative estimate of drug-likeness (QED) is 0.105. The average Bonchev–Trinajstić information content (AvgIpc) is 3.96. The number of hydrogen-bond acceptors (Lipinski definition) is 0. The van der Waals surface area contributed by atoms with Crippen LogP contribution in [0.25, 0.3) is 66.1 Å². The van der Waals surface area contributed by atoms with Crippen LogP contribution < -0.4 is 0 Å². The number of fused-ring (bicyclic) bond motifs is 2. The molecule has 386 valence electrons. The van der Waals surface area contributed by atoms with Crippen molar-refractivity contribution in [3.8, 4) is 44.5 Å². The number of hydrogen-bond donors (Lipinski definition) is 0. The van der Waals surface area contributed by atoms with Crippen molar-refractivity contribution in [3.05, 3.63) is 179 Å². The first-order chi connectivity index (χ1) is 35.0. The van der Waals surface area contributed by atoms with E-state index in [1.165, 1.54) is 151 Å². The molecule has 0 bridgehead atoms. The van der Waals surface area contributed by atoms with Crippen LogP contribution in [-0.2, 0) is 55.3 Å². The van der Waals surface area contributed by atoms with Gasteiger partial charge in [-0.05, 0) is 79.7 Å². The van der Waals surface area contributed by atoms with Gasteiger partial charge < -0.3 is 0 Å². The molecular formula is C70H84Cl2SiZr. The summed E-state index contributed by atoms with van der Waals surface area (Å²) in [6, 6.07) is 56.2. The Kier molecular flexibility index (Phi) is 19.3. The minimum atomic E-state index is -0.826. The topological polar surface area (TPSA) is 0 Å². The van der Waals surface area contributed by atoms with Crippen LogP contribution in [0.2, 0.25) is 13.1 Å². The fourth-order valence-corrected chi connectivity index (χ4v) is 10.6. The minimum absolute atomic E-state index is 0.174. The molecule has 10 rings (SSSR count). The van der Waals surface area contributed by atoms with E-state index >= 15 is 0 Å². The van der Waals surface area contributed by atoms with Crippen molar-refractivity contribution in [2.75, 3.05) is 0 Å². The van der Waals surface area contributed by atoms with Gasteiger partial charge in [0.25, 0.3) is 0 Å². The first-order valence-corrected chi connectivity index (χ1v) is 35.8. The standard InChI is InChI=1S/2C34H39.C2H6Si.2ClH.Zr/c2*1-33(2,3)27-14-10-25(11-15-27)29-18-19-30(26-12-16-28(17-13-26)34(4,5)6)32-22-24(21-31(29)32)20-23-8-7-9-23;1-3-2;;;/h2*10-19,21-23H,7-9,20H2,1-6H3;1-2H3;2*1H;/q2*-1;;;;+4/p-2. The SMILES string of the molecule is CC(C)(C)c1ccc(-c2ccc(-c3ccc(C(C)(C)C)cc3)c3[cH-]c(CC4CCC4)cc23)cc1.CC(C)(C)c1ccc(-c2ccc(-c3ccc(C(C)(C)C)cc3)c3[cH-]c(CC4CCC4)cc23)cc1.C[Si]C.[Cl][Zr+2][Cl]. The van der Waals surface area contributed by atoms with Crippen molar-refractivity contribution in [2.45, 2.75) is 169 Å². The molecule has 0 spiro atoms. The Morgan fingerprint density at radius 1 is 0.405 bits per heavy atom. The molecule has 0 amide bonds. The van der Waals surface area contributed by atoms with Crippen LogP contribution in [0, 0.1) is 11.8 Å². The zero-order valence-electron chi connectivity index (χ0n) is 47.4. The van der Waals surface area contributed by atoms with E-state index in [0.29, 0.717) is 0 Å². The van der Waals surface area contributed by atoms with E-state index in [2.05, 4.69) is 242 Å². The number of halogens is 2. The second-order valence-electron chi connectivity index (χ2n) is 25.6. The van der Waals surface area contributed by atoms with Crippen LogP contribution in [0.4, 0.5) is 0 Å². The molecule has 2 radical (unpaired) electrons. The summed E-state index contributed by atoms with van der Waals surface area (Å²) in [6.45, 7) is 31.7. The summed E-state index contributed by atoms with van der Waals surface area (Å²) in [6.07, 6.45) is 10.8. The molecule has 0 heterocycles. The van der Waals surface area contributed by atoms with Crippen LogP contribution in [0.1, 0.15) is 155 Å². The predicted octanol–water partition coefficient (Wildman–Crippen LogP) is 21.8. The van der Waals surface area contributed by atoms with E-state index in [9.17, 15) is 0 Å². The Morgan fingerprint density at radius 2 is 0.635 bits per heavy atom. The van der Waals surface area contributed by atoms with Gasteiger partial charge in [0.05, 0.1) is 0 Å². The van der Waals surface area contributed by atoms with E-state index in [1.54, 1.807) is 0 Å². The Morgan fingerprint density at radius 3 is 0.851 bits per heavy atom. The number of rotatable bonds is 8. The third kappa shape index (κ3) is 14.4. The van der Waals surface area contributed by atoms with Gasteiger partial charge in [-0.25, -0.2) is 0 Å². The Hall–Kier alpha value is -3.78. The van der Waals surface area contributed by atoms with Gasteiger partial charge in [-0.3, -0.25) is 0 Å². The molecule has 2 fully saturated rings. The zero-order chi connectivity index (χ0) is 53.6. The molecule has 2 aliphatic rings. The first-order valence-electron chi connectivity index (χ1n) is 27.5. The van der Waals surface area contributed by atoms with Gasteiger partial charge in [0.1, 0.15) is 0 Å². The molecule has 0 aliphatic heterocycles. The third-order valence-electron chi connectivity index (χ3n) is 15.6. The Bertz CT molecular complexity index is 2640. The fourth-order valence-electron chi connectivity index (χ4n) is 10.6. The molecule has 8 aromatic rings. The second-order valence-corrected chi connectivity index (χ2v) is 30.3. The summed E-state index contributed by atoms with van der Waals surface area (Å²) in [4.78, 5) is 0. The molecule has 0 unspecified atom stereocenters. The molecule has 0 nitrogen and oxygen atoms in total. The molecular weight excluding hydrogens is 1030 g/mol. The molecule has 0 N–H and O–H groups in total. The first kappa shape index (κ1) is 57.9. The maximum absolute atomic E-state index is 4.93. The number of benzene rings is 6. The van der Waals surface area contributed by atoms with Gasteiger partial charge in [-0.1, -0.05) is 289 Å². The Labute approximate surface area is 469 Å². The van der Waals surface area contributed by atoms with Crippen LogP contribution in [-0.4, -0.2) is 9.52 Å². The van der Waals surface area contributed by atoms with E-state index < -0.39 is 20.8 Å². The van der Waals surface area contributed by atoms with Crippen molar-refractivity contribution in [1.82, 2.24) is 0 Å². The van der Waals surface area contributed by atoms with Crippen LogP contribution in [0.5, 0.6) is 0 Å². The van der Waals surface area contributed by atoms with E-state index in [-0.39, 0.29) is 21.7 Å². The third-order valence-corrected chi connectivity index (χ3v) is 15.6. The van der Waals surface area contributed by atoms with Gasteiger partial charge in [-0.2, -0.15) is 12.1 Å². The van der Waals surface area contributed by atoms with Crippen molar-refractivity contribution < 1.29 is 20.8 Å². The Balaban J connectivity index is 0.000000196. The maximum atomic E-state index is 4.93. The summed E-state index contributed by atoms with van der Waals surface area (Å²) >= 11 is -0.826. The van der Waals surface area contributed by atoms with Gasteiger partial charge in [0.2, 0.25) is 0 Å². The summed E-state index contributed by atoms with van der Waals surface area (Å²) in [7, 11) is 11.0. The van der Waals surface area contributed by atoms with Crippen molar-refractivity contribution in [3.63, 3.8) is 0 Å².